The molecule has 10 heteroatoms. The van der Waals surface area contributed by atoms with Crippen molar-refractivity contribution in [1.29, 1.82) is 0 Å². The Labute approximate surface area is 184 Å². The van der Waals surface area contributed by atoms with Crippen molar-refractivity contribution in [3.05, 3.63) is 71.0 Å². The van der Waals surface area contributed by atoms with Gasteiger partial charge in [-0.05, 0) is 37.1 Å². The molecule has 1 aromatic heterocycles. The fraction of sp³-hybridized carbons (Fsp3) is 0.261. The van der Waals surface area contributed by atoms with Crippen LogP contribution in [0.3, 0.4) is 0 Å². The van der Waals surface area contributed by atoms with Crippen LogP contribution in [0.4, 0.5) is 26.3 Å². The summed E-state index contributed by atoms with van der Waals surface area (Å²) in [6.45, 7) is 1.97. The van der Waals surface area contributed by atoms with Crippen molar-refractivity contribution in [2.75, 3.05) is 0 Å². The molecule has 0 radical (unpaired) electrons. The molecule has 1 heterocycles. The third kappa shape index (κ3) is 5.50. The summed E-state index contributed by atoms with van der Waals surface area (Å²) < 4.78 is 79.8. The minimum absolute atomic E-state index is 0.00992. The third-order valence-electron chi connectivity index (χ3n) is 4.92. The quantitative estimate of drug-likeness (QED) is 0.400. The van der Waals surface area contributed by atoms with Crippen LogP contribution >= 0.6 is 0 Å². The van der Waals surface area contributed by atoms with Crippen molar-refractivity contribution in [3.63, 3.8) is 0 Å². The molecule has 174 valence electrons. The minimum Gasteiger partial charge on any atom is -0.478 e. The summed E-state index contributed by atoms with van der Waals surface area (Å²) in [5.41, 5.74) is -2.79. The molecule has 0 saturated carbocycles. The molecule has 4 nitrogen and oxygen atoms in total. The van der Waals surface area contributed by atoms with Gasteiger partial charge in [-0.3, -0.25) is 4.98 Å². The number of halogens is 6. The van der Waals surface area contributed by atoms with E-state index in [-0.39, 0.29) is 22.5 Å². The topological polar surface area (TPSA) is 63.1 Å². The number of aryl methyl sites for hydroxylation is 1. The van der Waals surface area contributed by atoms with Crippen molar-refractivity contribution in [2.45, 2.75) is 38.5 Å². The number of unbranched alkanes of at least 4 members (excludes halogenated alkanes) is 1. The Bertz CT molecular complexity index is 1160. The smallest absolute Gasteiger partial charge is 0.417 e. The Balaban J connectivity index is 2.21. The number of nitrogens with zero attached hydrogens (tertiary/aromatic N) is 2. The normalized spacial score (nSPS) is 12.1. The van der Waals surface area contributed by atoms with Gasteiger partial charge < -0.3 is 5.11 Å². The molecule has 0 aliphatic carbocycles. The van der Waals surface area contributed by atoms with Crippen LogP contribution in [0.5, 0.6) is 0 Å². The number of aromatic carboxylic acids is 1. The van der Waals surface area contributed by atoms with E-state index in [1.165, 1.54) is 30.5 Å². The van der Waals surface area contributed by atoms with Gasteiger partial charge in [0.2, 0.25) is 0 Å². The molecular weight excluding hydrogens is 450 g/mol. The average molecular weight is 468 g/mol. The molecular formula is C23H18F6N2O2. The highest BCUT2D eigenvalue weighted by atomic mass is 19.4. The number of rotatable bonds is 6. The fourth-order valence-corrected chi connectivity index (χ4v) is 3.26. The van der Waals surface area contributed by atoms with Crippen LogP contribution in [-0.4, -0.2) is 21.0 Å². The van der Waals surface area contributed by atoms with Crippen molar-refractivity contribution in [3.8, 4) is 22.5 Å². The number of benzene rings is 2. The second-order valence-electron chi connectivity index (χ2n) is 7.30. The summed E-state index contributed by atoms with van der Waals surface area (Å²) in [7, 11) is 0. The summed E-state index contributed by atoms with van der Waals surface area (Å²) in [5, 5.41) is 9.09. The molecule has 0 saturated heterocycles. The zero-order valence-electron chi connectivity index (χ0n) is 17.3. The molecule has 0 fully saturated rings. The van der Waals surface area contributed by atoms with E-state index in [0.717, 1.165) is 18.9 Å². The van der Waals surface area contributed by atoms with E-state index in [0.29, 0.717) is 29.8 Å². The van der Waals surface area contributed by atoms with Gasteiger partial charge in [-0.15, -0.1) is 0 Å². The molecule has 3 rings (SSSR count). The van der Waals surface area contributed by atoms with E-state index < -0.39 is 29.4 Å². The van der Waals surface area contributed by atoms with Gasteiger partial charge in [-0.2, -0.15) is 26.3 Å². The standard InChI is InChI=1S/C23H18F6N2O2/c1-2-3-4-16-12-30-19(20(31-16)13-5-7-14(8-6-13)21(32)33)15-9-10-17(22(24,25)26)18(11-15)23(27,28)29/h5-12H,2-4H2,1H3,(H,32,33). The number of hydrogen-bond donors (Lipinski definition) is 1. The number of hydrogen-bond acceptors (Lipinski definition) is 3. The van der Waals surface area contributed by atoms with E-state index in [1.807, 2.05) is 6.92 Å². The van der Waals surface area contributed by atoms with Gasteiger partial charge in [0, 0.05) is 17.3 Å². The maximum Gasteiger partial charge on any atom is 0.417 e. The maximum absolute atomic E-state index is 13.4. The molecule has 0 amide bonds. The second-order valence-corrected chi connectivity index (χ2v) is 7.30. The lowest BCUT2D eigenvalue weighted by molar-refractivity contribution is -0.162. The predicted octanol–water partition coefficient (Wildman–Crippen LogP) is 6.89. The molecule has 0 aliphatic rings. The molecule has 0 aliphatic heterocycles. The number of carbonyl (C=O) groups is 1. The Kier molecular flexibility index (Phi) is 6.76. The van der Waals surface area contributed by atoms with Crippen LogP contribution in [0.15, 0.2) is 48.7 Å². The highest BCUT2D eigenvalue weighted by Gasteiger charge is 2.43. The lowest BCUT2D eigenvalue weighted by atomic mass is 9.97. The second kappa shape index (κ2) is 9.21. The average Bonchev–Trinajstić information content (AvgIpc) is 2.76. The third-order valence-corrected chi connectivity index (χ3v) is 4.92. The summed E-state index contributed by atoms with van der Waals surface area (Å²) in [6, 6.07) is 7.16. The van der Waals surface area contributed by atoms with Crippen molar-refractivity contribution in [1.82, 2.24) is 9.97 Å². The van der Waals surface area contributed by atoms with Crippen LogP contribution in [0.25, 0.3) is 22.5 Å². The van der Waals surface area contributed by atoms with Gasteiger partial charge in [-0.1, -0.05) is 31.5 Å². The number of carboxylic acid groups (broad SMARTS) is 1. The molecule has 2 aromatic carbocycles. The Hall–Kier alpha value is -3.43. The van der Waals surface area contributed by atoms with Gasteiger partial charge in [0.15, 0.2) is 0 Å². The van der Waals surface area contributed by atoms with Crippen molar-refractivity contribution in [2.24, 2.45) is 0 Å². The number of alkyl halides is 6. The van der Waals surface area contributed by atoms with E-state index in [2.05, 4.69) is 9.97 Å². The van der Waals surface area contributed by atoms with Gasteiger partial charge in [0.05, 0.1) is 33.8 Å². The monoisotopic (exact) mass is 468 g/mol. The minimum atomic E-state index is -5.24. The number of carboxylic acids is 1. The molecule has 33 heavy (non-hydrogen) atoms. The SMILES string of the molecule is CCCCc1cnc(-c2ccc(C(F)(F)F)c(C(F)(F)F)c2)c(-c2ccc(C(=O)O)cc2)n1. The van der Waals surface area contributed by atoms with E-state index in [4.69, 9.17) is 5.11 Å². The van der Waals surface area contributed by atoms with Crippen LogP contribution in [0, 0.1) is 0 Å². The lowest BCUT2D eigenvalue weighted by Gasteiger charge is -2.17. The molecule has 0 unspecified atom stereocenters. The Morgan fingerprint density at radius 3 is 2.03 bits per heavy atom. The maximum atomic E-state index is 13.4. The van der Waals surface area contributed by atoms with Gasteiger partial charge >= 0.3 is 18.3 Å². The first kappa shape index (κ1) is 24.2. The molecule has 0 bridgehead atoms. The summed E-state index contributed by atoms with van der Waals surface area (Å²) in [6.07, 6.45) is -6.85. The van der Waals surface area contributed by atoms with Crippen LogP contribution < -0.4 is 0 Å². The zero-order valence-corrected chi connectivity index (χ0v) is 17.3. The summed E-state index contributed by atoms with van der Waals surface area (Å²) >= 11 is 0. The molecule has 0 spiro atoms. The van der Waals surface area contributed by atoms with E-state index >= 15 is 0 Å². The molecule has 1 N–H and O–H groups in total. The van der Waals surface area contributed by atoms with E-state index in [9.17, 15) is 31.1 Å². The van der Waals surface area contributed by atoms with Crippen molar-refractivity contribution >= 4 is 5.97 Å². The van der Waals surface area contributed by atoms with Gasteiger partial charge in [0.1, 0.15) is 0 Å². The summed E-state index contributed by atoms with van der Waals surface area (Å²) in [5.74, 6) is -1.16. The van der Waals surface area contributed by atoms with Gasteiger partial charge in [0.25, 0.3) is 0 Å². The highest BCUT2D eigenvalue weighted by molar-refractivity contribution is 5.88. The van der Waals surface area contributed by atoms with E-state index in [1.54, 1.807) is 0 Å². The summed E-state index contributed by atoms with van der Waals surface area (Å²) in [4.78, 5) is 19.8. The molecule has 0 atom stereocenters. The largest absolute Gasteiger partial charge is 0.478 e. The van der Waals surface area contributed by atoms with Crippen LogP contribution in [0.2, 0.25) is 0 Å². The fourth-order valence-electron chi connectivity index (χ4n) is 3.26. The zero-order chi connectivity index (χ0) is 24.4. The first-order valence-electron chi connectivity index (χ1n) is 9.90. The highest BCUT2D eigenvalue weighted by Crippen LogP contribution is 2.42. The van der Waals surface area contributed by atoms with Crippen LogP contribution in [0.1, 0.15) is 46.9 Å². The Morgan fingerprint density at radius 2 is 1.48 bits per heavy atom. The Morgan fingerprint density at radius 1 is 0.879 bits per heavy atom. The predicted molar refractivity (Wildman–Crippen MR) is 108 cm³/mol. The van der Waals surface area contributed by atoms with Gasteiger partial charge in [-0.25, -0.2) is 9.78 Å². The van der Waals surface area contributed by atoms with Crippen LogP contribution in [-0.2, 0) is 18.8 Å². The number of aromatic nitrogens is 2. The van der Waals surface area contributed by atoms with Crippen molar-refractivity contribution < 1.29 is 36.2 Å². The molecule has 3 aromatic rings. The lowest BCUT2D eigenvalue weighted by Crippen LogP contribution is -2.16. The first-order chi connectivity index (χ1) is 15.4. The first-order valence-corrected chi connectivity index (χ1v) is 9.90.